The quantitative estimate of drug-likeness (QED) is 0.416. The highest BCUT2D eigenvalue weighted by Crippen LogP contribution is 2.42. The Morgan fingerprint density at radius 1 is 0.970 bits per heavy atom. The van der Waals surface area contributed by atoms with Gasteiger partial charge in [-0.05, 0) is 112 Å². The molecule has 2 aromatic rings. The summed E-state index contributed by atoms with van der Waals surface area (Å²) in [5.41, 5.74) is 3.69. The number of hydrogen-bond acceptors (Lipinski definition) is 3. The Hall–Kier alpha value is -2.13. The molecule has 2 aliphatic rings. The maximum atomic E-state index is 12.7. The molecule has 4 rings (SSSR count). The van der Waals surface area contributed by atoms with E-state index in [4.69, 9.17) is 4.74 Å². The number of hydrogen-bond donors (Lipinski definition) is 1. The fourth-order valence-electron chi connectivity index (χ4n) is 5.80. The molecule has 1 heterocycles. The van der Waals surface area contributed by atoms with E-state index in [1.807, 2.05) is 0 Å². The lowest BCUT2D eigenvalue weighted by Crippen LogP contribution is -2.28. The van der Waals surface area contributed by atoms with Gasteiger partial charge in [0.2, 0.25) is 0 Å². The summed E-state index contributed by atoms with van der Waals surface area (Å²) < 4.78 is 5.89. The van der Waals surface area contributed by atoms with Gasteiger partial charge in [-0.25, -0.2) is 0 Å². The molecule has 2 fully saturated rings. The Balaban J connectivity index is 1.29. The Labute approximate surface area is 200 Å². The van der Waals surface area contributed by atoms with Crippen LogP contribution < -0.4 is 10.1 Å². The molecule has 0 amide bonds. The van der Waals surface area contributed by atoms with Crippen molar-refractivity contribution in [2.75, 3.05) is 13.1 Å². The predicted octanol–water partition coefficient (Wildman–Crippen LogP) is 7.12. The summed E-state index contributed by atoms with van der Waals surface area (Å²) in [5, 5.41) is 3.38. The predicted molar refractivity (Wildman–Crippen MR) is 136 cm³/mol. The van der Waals surface area contributed by atoms with Gasteiger partial charge in [-0.3, -0.25) is 4.79 Å². The maximum Gasteiger partial charge on any atom is 0.163 e. The molecule has 0 spiro atoms. The summed E-state index contributed by atoms with van der Waals surface area (Å²) in [7, 11) is 0. The second-order valence-electron chi connectivity index (χ2n) is 10.7. The minimum atomic E-state index is 0.206. The molecule has 1 saturated heterocycles. The van der Waals surface area contributed by atoms with E-state index in [2.05, 4.69) is 74.6 Å². The molecule has 1 saturated carbocycles. The molecule has 1 unspecified atom stereocenters. The van der Waals surface area contributed by atoms with E-state index < -0.39 is 0 Å². The minimum absolute atomic E-state index is 0.206. The highest BCUT2D eigenvalue weighted by Gasteiger charge is 2.27. The standard InChI is InChI=1S/C30H41NO2/c1-21(2)33-29-6-4-5-27(20-29)22(3)17-24-7-8-28(18-24)25-9-11-26(12-10-25)30(32)19-23-13-15-31-16-14-23/h4-6,9-12,20-24,28,31H,7-8,13-19H2,1-3H3/t22-,24?,28-/m0/s1. The van der Waals surface area contributed by atoms with Crippen LogP contribution in [-0.2, 0) is 0 Å². The van der Waals surface area contributed by atoms with E-state index in [9.17, 15) is 4.79 Å². The lowest BCUT2D eigenvalue weighted by atomic mass is 9.87. The number of piperidine rings is 1. The van der Waals surface area contributed by atoms with E-state index >= 15 is 0 Å². The van der Waals surface area contributed by atoms with Crippen molar-refractivity contribution in [1.29, 1.82) is 0 Å². The Bertz CT molecular complexity index is 898. The second kappa shape index (κ2) is 11.3. The van der Waals surface area contributed by atoms with Crippen LogP contribution in [0, 0.1) is 11.8 Å². The maximum absolute atomic E-state index is 12.7. The third-order valence-electron chi connectivity index (χ3n) is 7.66. The number of Topliss-reactive ketones (excluding diaryl/α,β-unsaturated/α-hetero) is 1. The van der Waals surface area contributed by atoms with Crippen LogP contribution in [0.15, 0.2) is 48.5 Å². The van der Waals surface area contributed by atoms with Crippen molar-refractivity contribution in [3.63, 3.8) is 0 Å². The Morgan fingerprint density at radius 2 is 1.73 bits per heavy atom. The first-order valence-corrected chi connectivity index (χ1v) is 13.1. The summed E-state index contributed by atoms with van der Waals surface area (Å²) in [6, 6.07) is 17.2. The van der Waals surface area contributed by atoms with Crippen LogP contribution >= 0.6 is 0 Å². The van der Waals surface area contributed by atoms with Crippen molar-refractivity contribution in [2.24, 2.45) is 11.8 Å². The van der Waals surface area contributed by atoms with Crippen LogP contribution in [0.25, 0.3) is 0 Å². The monoisotopic (exact) mass is 447 g/mol. The largest absolute Gasteiger partial charge is 0.491 e. The summed E-state index contributed by atoms with van der Waals surface area (Å²) >= 11 is 0. The van der Waals surface area contributed by atoms with Crippen molar-refractivity contribution in [1.82, 2.24) is 5.32 Å². The van der Waals surface area contributed by atoms with Crippen molar-refractivity contribution in [2.45, 2.75) is 83.7 Å². The Kier molecular flexibility index (Phi) is 8.25. The number of benzene rings is 2. The van der Waals surface area contributed by atoms with Crippen LogP contribution in [0.2, 0.25) is 0 Å². The van der Waals surface area contributed by atoms with E-state index in [0.29, 0.717) is 30.0 Å². The summed E-state index contributed by atoms with van der Waals surface area (Å²) in [4.78, 5) is 12.7. The van der Waals surface area contributed by atoms with Gasteiger partial charge >= 0.3 is 0 Å². The van der Waals surface area contributed by atoms with E-state index in [1.165, 1.54) is 36.8 Å². The van der Waals surface area contributed by atoms with Crippen molar-refractivity contribution >= 4 is 5.78 Å². The molecule has 1 aliphatic heterocycles. The fraction of sp³-hybridized carbons (Fsp3) is 0.567. The lowest BCUT2D eigenvalue weighted by molar-refractivity contribution is 0.0952. The zero-order valence-electron chi connectivity index (χ0n) is 20.7. The molecule has 2 aromatic carbocycles. The number of nitrogens with one attached hydrogen (secondary N) is 1. The molecule has 3 atom stereocenters. The van der Waals surface area contributed by atoms with Gasteiger partial charge in [-0.1, -0.05) is 43.3 Å². The lowest BCUT2D eigenvalue weighted by Gasteiger charge is -2.21. The summed E-state index contributed by atoms with van der Waals surface area (Å²) in [5.74, 6) is 3.78. The summed E-state index contributed by atoms with van der Waals surface area (Å²) in [6.45, 7) is 8.60. The molecule has 0 radical (unpaired) electrons. The van der Waals surface area contributed by atoms with Gasteiger partial charge in [0.1, 0.15) is 5.75 Å². The topological polar surface area (TPSA) is 38.3 Å². The van der Waals surface area contributed by atoms with E-state index in [0.717, 1.165) is 43.2 Å². The van der Waals surface area contributed by atoms with E-state index in [1.54, 1.807) is 0 Å². The highest BCUT2D eigenvalue weighted by atomic mass is 16.5. The van der Waals surface area contributed by atoms with Crippen LogP contribution in [0.4, 0.5) is 0 Å². The van der Waals surface area contributed by atoms with E-state index in [-0.39, 0.29) is 6.10 Å². The van der Waals surface area contributed by atoms with Crippen molar-refractivity contribution in [3.05, 3.63) is 65.2 Å². The molecule has 3 heteroatoms. The van der Waals surface area contributed by atoms with Crippen LogP contribution in [-0.4, -0.2) is 25.0 Å². The number of rotatable bonds is 9. The zero-order chi connectivity index (χ0) is 23.2. The first-order chi connectivity index (χ1) is 16.0. The Morgan fingerprint density at radius 3 is 2.45 bits per heavy atom. The minimum Gasteiger partial charge on any atom is -0.491 e. The molecule has 178 valence electrons. The van der Waals surface area contributed by atoms with Crippen molar-refractivity contribution in [3.8, 4) is 5.75 Å². The van der Waals surface area contributed by atoms with Crippen LogP contribution in [0.3, 0.4) is 0 Å². The van der Waals surface area contributed by atoms with Gasteiger partial charge in [0, 0.05) is 12.0 Å². The molecular weight excluding hydrogens is 406 g/mol. The number of ether oxygens (including phenoxy) is 1. The number of carbonyl (C=O) groups is 1. The zero-order valence-corrected chi connectivity index (χ0v) is 20.7. The molecule has 3 nitrogen and oxygen atoms in total. The van der Waals surface area contributed by atoms with Gasteiger partial charge in [0.15, 0.2) is 5.78 Å². The number of carbonyl (C=O) groups excluding carboxylic acids is 1. The highest BCUT2D eigenvalue weighted by molar-refractivity contribution is 5.96. The van der Waals surface area contributed by atoms with Gasteiger partial charge in [-0.2, -0.15) is 0 Å². The molecule has 0 bridgehead atoms. The number of ketones is 1. The average molecular weight is 448 g/mol. The second-order valence-corrected chi connectivity index (χ2v) is 10.7. The fourth-order valence-corrected chi connectivity index (χ4v) is 5.80. The van der Waals surface area contributed by atoms with Crippen LogP contribution in [0.1, 0.15) is 99.0 Å². The van der Waals surface area contributed by atoms with Gasteiger partial charge < -0.3 is 10.1 Å². The average Bonchev–Trinajstić information content (AvgIpc) is 3.28. The first kappa shape index (κ1) is 24.0. The van der Waals surface area contributed by atoms with Crippen molar-refractivity contribution < 1.29 is 9.53 Å². The third kappa shape index (κ3) is 6.69. The summed E-state index contributed by atoms with van der Waals surface area (Å²) in [6.07, 6.45) is 8.21. The van der Waals surface area contributed by atoms with Gasteiger partial charge in [0.05, 0.1) is 6.10 Å². The van der Waals surface area contributed by atoms with Gasteiger partial charge in [0.25, 0.3) is 0 Å². The molecule has 1 N–H and O–H groups in total. The normalized spacial score (nSPS) is 22.4. The van der Waals surface area contributed by atoms with Crippen LogP contribution in [0.5, 0.6) is 5.75 Å². The molecule has 33 heavy (non-hydrogen) atoms. The SMILES string of the molecule is CC(C)Oc1cccc([C@@H](C)CC2CC[C@H](c3ccc(C(=O)CC4CCNCC4)cc3)C2)c1. The molecular formula is C30H41NO2. The smallest absolute Gasteiger partial charge is 0.163 e. The third-order valence-corrected chi connectivity index (χ3v) is 7.66. The molecule has 0 aromatic heterocycles. The first-order valence-electron chi connectivity index (χ1n) is 13.1. The van der Waals surface area contributed by atoms with Gasteiger partial charge in [-0.15, -0.1) is 0 Å². The molecule has 1 aliphatic carbocycles.